The first-order valence-electron chi connectivity index (χ1n) is 4.21. The van der Waals surface area contributed by atoms with Crippen molar-refractivity contribution in [2.45, 2.75) is 43.1 Å². The van der Waals surface area contributed by atoms with E-state index in [0.717, 1.165) is 19.3 Å². The number of ether oxygens (including phenoxy) is 1. The normalized spacial score (nSPS) is 15.2. The third kappa shape index (κ3) is 4.79. The van der Waals surface area contributed by atoms with Gasteiger partial charge in [0.15, 0.2) is 0 Å². The van der Waals surface area contributed by atoms with E-state index in [2.05, 4.69) is 36.4 Å². The molecule has 4 heteroatoms. The highest BCUT2D eigenvalue weighted by Gasteiger charge is 2.19. The second kappa shape index (κ2) is 6.51. The van der Waals surface area contributed by atoms with Gasteiger partial charge in [0.1, 0.15) is 6.10 Å². The predicted molar refractivity (Wildman–Crippen MR) is 57.5 cm³/mol. The van der Waals surface area contributed by atoms with Gasteiger partial charge in [0, 0.05) is 3.92 Å². The molecule has 0 aromatic heterocycles. The average Bonchev–Trinajstić information content (AvgIpc) is 2.01. The Morgan fingerprint density at radius 1 is 1.58 bits per heavy atom. The minimum atomic E-state index is -0.663. The van der Waals surface area contributed by atoms with Gasteiger partial charge in [-0.3, -0.25) is 0 Å². The maximum absolute atomic E-state index is 10.5. The van der Waals surface area contributed by atoms with Crippen molar-refractivity contribution in [3.05, 3.63) is 0 Å². The van der Waals surface area contributed by atoms with Crippen LogP contribution in [0.15, 0.2) is 0 Å². The maximum Gasteiger partial charge on any atom is 0.404 e. The van der Waals surface area contributed by atoms with Crippen LogP contribution in [0.2, 0.25) is 0 Å². The van der Waals surface area contributed by atoms with Gasteiger partial charge >= 0.3 is 6.09 Å². The zero-order chi connectivity index (χ0) is 9.56. The Labute approximate surface area is 87.2 Å². The monoisotopic (exact) mass is 285 g/mol. The molecule has 72 valence electrons. The molecular formula is C8H16INO2. The molecule has 0 aromatic carbocycles. The lowest BCUT2D eigenvalue weighted by atomic mass is 10.1. The summed E-state index contributed by atoms with van der Waals surface area (Å²) in [6.45, 7) is 4.14. The molecule has 3 nitrogen and oxygen atoms in total. The number of carbonyl (C=O) groups is 1. The van der Waals surface area contributed by atoms with Crippen molar-refractivity contribution in [2.24, 2.45) is 5.73 Å². The van der Waals surface area contributed by atoms with Gasteiger partial charge in [-0.05, 0) is 12.8 Å². The van der Waals surface area contributed by atoms with Gasteiger partial charge < -0.3 is 10.5 Å². The van der Waals surface area contributed by atoms with Gasteiger partial charge in [0.2, 0.25) is 0 Å². The summed E-state index contributed by atoms with van der Waals surface area (Å²) in [6.07, 6.45) is 2.22. The third-order valence-corrected chi connectivity index (χ3v) is 3.32. The van der Waals surface area contributed by atoms with Crippen LogP contribution in [-0.4, -0.2) is 16.1 Å². The lowest BCUT2D eigenvalue weighted by Gasteiger charge is -2.20. The fraction of sp³-hybridized carbons (Fsp3) is 0.875. The van der Waals surface area contributed by atoms with Crippen LogP contribution in [0.1, 0.15) is 33.1 Å². The molecule has 0 saturated carbocycles. The van der Waals surface area contributed by atoms with E-state index < -0.39 is 6.09 Å². The first-order valence-corrected chi connectivity index (χ1v) is 5.46. The van der Waals surface area contributed by atoms with Crippen molar-refractivity contribution in [2.75, 3.05) is 0 Å². The molecule has 1 amide bonds. The topological polar surface area (TPSA) is 52.3 Å². The molecule has 0 fully saturated rings. The summed E-state index contributed by atoms with van der Waals surface area (Å²) in [5.41, 5.74) is 4.95. The number of hydrogen-bond donors (Lipinski definition) is 1. The second-order valence-corrected chi connectivity index (χ2v) is 4.29. The van der Waals surface area contributed by atoms with Crippen molar-refractivity contribution in [1.82, 2.24) is 0 Å². The van der Waals surface area contributed by atoms with Crippen molar-refractivity contribution in [3.8, 4) is 0 Å². The van der Waals surface area contributed by atoms with Gasteiger partial charge in [-0.25, -0.2) is 4.79 Å². The van der Waals surface area contributed by atoms with Crippen molar-refractivity contribution in [1.29, 1.82) is 0 Å². The molecule has 12 heavy (non-hydrogen) atoms. The van der Waals surface area contributed by atoms with Crippen LogP contribution in [0, 0.1) is 0 Å². The largest absolute Gasteiger partial charge is 0.445 e. The first kappa shape index (κ1) is 12.0. The van der Waals surface area contributed by atoms with E-state index in [4.69, 9.17) is 10.5 Å². The van der Waals surface area contributed by atoms with Gasteiger partial charge in [-0.15, -0.1) is 0 Å². The number of alkyl halides is 1. The van der Waals surface area contributed by atoms with Crippen molar-refractivity contribution >= 4 is 28.7 Å². The van der Waals surface area contributed by atoms with Gasteiger partial charge in [-0.2, -0.15) is 0 Å². The minimum Gasteiger partial charge on any atom is -0.445 e. The van der Waals surface area contributed by atoms with Crippen LogP contribution in [0.4, 0.5) is 4.79 Å². The van der Waals surface area contributed by atoms with E-state index in [-0.39, 0.29) is 6.10 Å². The van der Waals surface area contributed by atoms with E-state index in [1.165, 1.54) is 0 Å². The highest BCUT2D eigenvalue weighted by atomic mass is 127. The van der Waals surface area contributed by atoms with E-state index in [1.807, 2.05) is 0 Å². The molecule has 0 saturated heterocycles. The summed E-state index contributed by atoms with van der Waals surface area (Å²) in [6, 6.07) is 0. The highest BCUT2D eigenvalue weighted by Crippen LogP contribution is 2.18. The molecule has 0 bridgehead atoms. The SMILES string of the molecule is CCCC(OC(N)=O)C(I)CC. The lowest BCUT2D eigenvalue weighted by molar-refractivity contribution is 0.101. The molecule has 0 heterocycles. The quantitative estimate of drug-likeness (QED) is 0.623. The molecule has 0 spiro atoms. The molecule has 0 aliphatic carbocycles. The number of carbonyl (C=O) groups excluding carboxylic acids is 1. The Morgan fingerprint density at radius 2 is 2.17 bits per heavy atom. The van der Waals surface area contributed by atoms with Gasteiger partial charge in [0.25, 0.3) is 0 Å². The summed E-state index contributed by atoms with van der Waals surface area (Å²) in [4.78, 5) is 10.5. The van der Waals surface area contributed by atoms with Crippen LogP contribution in [0.3, 0.4) is 0 Å². The fourth-order valence-electron chi connectivity index (χ4n) is 1.01. The third-order valence-electron chi connectivity index (χ3n) is 1.63. The number of nitrogens with two attached hydrogens (primary N) is 1. The second-order valence-electron chi connectivity index (χ2n) is 2.69. The lowest BCUT2D eigenvalue weighted by Crippen LogP contribution is -2.29. The smallest absolute Gasteiger partial charge is 0.404 e. The Kier molecular flexibility index (Phi) is 6.51. The Bertz CT molecular complexity index is 141. The van der Waals surface area contributed by atoms with Crippen molar-refractivity contribution < 1.29 is 9.53 Å². The summed E-state index contributed by atoms with van der Waals surface area (Å²) in [5.74, 6) is 0. The number of hydrogen-bond acceptors (Lipinski definition) is 2. The molecule has 0 aliphatic heterocycles. The van der Waals surface area contributed by atoms with Crippen LogP contribution < -0.4 is 5.73 Å². The predicted octanol–water partition coefficient (Wildman–Crippen LogP) is 2.46. The van der Waals surface area contributed by atoms with E-state index in [1.54, 1.807) is 0 Å². The number of rotatable bonds is 5. The molecule has 2 atom stereocenters. The van der Waals surface area contributed by atoms with Crippen LogP contribution in [-0.2, 0) is 4.74 Å². The van der Waals surface area contributed by atoms with E-state index in [9.17, 15) is 4.79 Å². The molecule has 0 aromatic rings. The van der Waals surface area contributed by atoms with Crippen molar-refractivity contribution in [3.63, 3.8) is 0 Å². The maximum atomic E-state index is 10.5. The molecule has 0 aliphatic rings. The Balaban J connectivity index is 3.93. The molecule has 2 unspecified atom stereocenters. The summed E-state index contributed by atoms with van der Waals surface area (Å²) in [5, 5.41) is 0. The van der Waals surface area contributed by atoms with E-state index in [0.29, 0.717) is 3.92 Å². The zero-order valence-corrected chi connectivity index (χ0v) is 9.71. The highest BCUT2D eigenvalue weighted by molar-refractivity contribution is 14.1. The molecule has 2 N–H and O–H groups in total. The summed E-state index contributed by atoms with van der Waals surface area (Å²) >= 11 is 2.29. The van der Waals surface area contributed by atoms with Gasteiger partial charge in [-0.1, -0.05) is 42.9 Å². The van der Waals surface area contributed by atoms with Gasteiger partial charge in [0.05, 0.1) is 0 Å². The minimum absolute atomic E-state index is 0.0156. The van der Waals surface area contributed by atoms with Crippen LogP contribution in [0.25, 0.3) is 0 Å². The molecule has 0 radical (unpaired) electrons. The standard InChI is InChI=1S/C8H16INO2/c1-3-5-7(6(9)4-2)12-8(10)11/h6-7H,3-5H2,1-2H3,(H2,10,11). The van der Waals surface area contributed by atoms with Crippen LogP contribution >= 0.6 is 22.6 Å². The Morgan fingerprint density at radius 3 is 2.50 bits per heavy atom. The summed E-state index contributed by atoms with van der Waals surface area (Å²) in [7, 11) is 0. The van der Waals surface area contributed by atoms with Crippen LogP contribution in [0.5, 0.6) is 0 Å². The summed E-state index contributed by atoms with van der Waals surface area (Å²) < 4.78 is 5.35. The fourth-order valence-corrected chi connectivity index (χ4v) is 1.52. The number of amides is 1. The van der Waals surface area contributed by atoms with E-state index >= 15 is 0 Å². The molecule has 0 rings (SSSR count). The number of primary amides is 1. The number of halogens is 1. The average molecular weight is 285 g/mol. The molecular weight excluding hydrogens is 269 g/mol. The zero-order valence-electron chi connectivity index (χ0n) is 7.55. The Hall–Kier alpha value is 0. The first-order chi connectivity index (χ1) is 5.61.